The van der Waals surface area contributed by atoms with Crippen LogP contribution in [0.25, 0.3) is 0 Å². The maximum absolute atomic E-state index is 11.7. The van der Waals surface area contributed by atoms with Crippen molar-refractivity contribution in [1.82, 2.24) is 5.32 Å². The zero-order valence-electron chi connectivity index (χ0n) is 10.7. The van der Waals surface area contributed by atoms with Crippen LogP contribution in [-0.2, 0) is 9.53 Å². The van der Waals surface area contributed by atoms with E-state index in [2.05, 4.69) is 10.6 Å². The molecule has 18 heavy (non-hydrogen) atoms. The first kappa shape index (κ1) is 15.0. The lowest BCUT2D eigenvalue weighted by molar-refractivity contribution is -0.115. The number of rotatable bonds is 7. The summed E-state index contributed by atoms with van der Waals surface area (Å²) < 4.78 is 5.25. The number of hydrogen-bond acceptors (Lipinski definition) is 3. The molecular formula is C13H19ClN2O2. The Morgan fingerprint density at radius 3 is 2.83 bits per heavy atom. The molecular weight excluding hydrogens is 252 g/mol. The predicted molar refractivity (Wildman–Crippen MR) is 74.0 cm³/mol. The summed E-state index contributed by atoms with van der Waals surface area (Å²) in [6.07, 6.45) is 0. The summed E-state index contributed by atoms with van der Waals surface area (Å²) in [4.78, 5) is 11.7. The van der Waals surface area contributed by atoms with Gasteiger partial charge >= 0.3 is 0 Å². The minimum absolute atomic E-state index is 0.119. The third-order valence-corrected chi connectivity index (χ3v) is 2.66. The molecule has 0 aliphatic carbocycles. The van der Waals surface area contributed by atoms with E-state index in [1.165, 1.54) is 0 Å². The molecule has 0 aromatic heterocycles. The molecule has 1 unspecified atom stereocenters. The molecule has 0 aliphatic heterocycles. The molecule has 0 heterocycles. The molecule has 0 bridgehead atoms. The van der Waals surface area contributed by atoms with Gasteiger partial charge in [0, 0.05) is 12.6 Å². The molecule has 1 amide bonds. The van der Waals surface area contributed by atoms with Crippen LogP contribution in [0.15, 0.2) is 24.3 Å². The Labute approximate surface area is 113 Å². The molecule has 5 heteroatoms. The lowest BCUT2D eigenvalue weighted by Crippen LogP contribution is -2.37. The number of amides is 1. The molecule has 1 atom stereocenters. The smallest absolute Gasteiger partial charge is 0.238 e. The Bertz CT molecular complexity index is 385. The normalized spacial score (nSPS) is 12.2. The van der Waals surface area contributed by atoms with E-state index in [-0.39, 0.29) is 18.5 Å². The zero-order chi connectivity index (χ0) is 13.4. The average Bonchev–Trinajstić information content (AvgIpc) is 2.36. The summed E-state index contributed by atoms with van der Waals surface area (Å²) in [5, 5.41) is 6.36. The SMILES string of the molecule is CCOCC(C)NCC(=O)Nc1ccccc1Cl. The maximum atomic E-state index is 11.7. The van der Waals surface area contributed by atoms with E-state index in [0.717, 1.165) is 0 Å². The van der Waals surface area contributed by atoms with Gasteiger partial charge in [0.2, 0.25) is 5.91 Å². The highest BCUT2D eigenvalue weighted by Crippen LogP contribution is 2.19. The predicted octanol–water partition coefficient (Wildman–Crippen LogP) is 2.29. The van der Waals surface area contributed by atoms with E-state index in [0.29, 0.717) is 23.9 Å². The molecule has 2 N–H and O–H groups in total. The summed E-state index contributed by atoms with van der Waals surface area (Å²) in [6, 6.07) is 7.29. The number of para-hydroxylation sites is 1. The number of nitrogens with one attached hydrogen (secondary N) is 2. The van der Waals surface area contributed by atoms with Gasteiger partial charge in [-0.3, -0.25) is 4.79 Å². The Hall–Kier alpha value is -1.10. The van der Waals surface area contributed by atoms with E-state index in [1.807, 2.05) is 26.0 Å². The topological polar surface area (TPSA) is 50.4 Å². The van der Waals surface area contributed by atoms with Crippen molar-refractivity contribution >= 4 is 23.2 Å². The molecule has 1 rings (SSSR count). The molecule has 1 aromatic carbocycles. The molecule has 0 radical (unpaired) electrons. The number of benzene rings is 1. The number of halogens is 1. The van der Waals surface area contributed by atoms with Gasteiger partial charge < -0.3 is 15.4 Å². The Morgan fingerprint density at radius 2 is 2.17 bits per heavy atom. The maximum Gasteiger partial charge on any atom is 0.238 e. The molecule has 1 aromatic rings. The molecule has 0 saturated carbocycles. The fraction of sp³-hybridized carbons (Fsp3) is 0.462. The lowest BCUT2D eigenvalue weighted by Gasteiger charge is -2.13. The van der Waals surface area contributed by atoms with Crippen molar-refractivity contribution < 1.29 is 9.53 Å². The van der Waals surface area contributed by atoms with Crippen molar-refractivity contribution in [1.29, 1.82) is 0 Å². The molecule has 0 spiro atoms. The lowest BCUT2D eigenvalue weighted by atomic mass is 10.3. The van der Waals surface area contributed by atoms with Crippen molar-refractivity contribution in [2.45, 2.75) is 19.9 Å². The van der Waals surface area contributed by atoms with Gasteiger partial charge in [0.1, 0.15) is 0 Å². The second-order valence-corrected chi connectivity index (χ2v) is 4.38. The largest absolute Gasteiger partial charge is 0.380 e. The van der Waals surface area contributed by atoms with Crippen LogP contribution in [0.1, 0.15) is 13.8 Å². The third kappa shape index (κ3) is 5.49. The summed E-state index contributed by atoms with van der Waals surface area (Å²) in [5.74, 6) is -0.119. The molecule has 4 nitrogen and oxygen atoms in total. The number of hydrogen-bond donors (Lipinski definition) is 2. The number of anilines is 1. The van der Waals surface area contributed by atoms with Crippen molar-refractivity contribution in [2.75, 3.05) is 25.1 Å². The number of ether oxygens (including phenoxy) is 1. The Kier molecular flexibility index (Phi) is 6.72. The van der Waals surface area contributed by atoms with E-state index >= 15 is 0 Å². The van der Waals surface area contributed by atoms with Crippen LogP contribution in [0, 0.1) is 0 Å². The van der Waals surface area contributed by atoms with Crippen LogP contribution in [0.5, 0.6) is 0 Å². The molecule has 0 aliphatic rings. The summed E-state index contributed by atoms with van der Waals surface area (Å²) in [5.41, 5.74) is 0.628. The Balaban J connectivity index is 2.32. The van der Waals surface area contributed by atoms with Gasteiger partial charge in [0.05, 0.1) is 23.9 Å². The summed E-state index contributed by atoms with van der Waals surface area (Å²) in [7, 11) is 0. The average molecular weight is 271 g/mol. The van der Waals surface area contributed by atoms with E-state index in [9.17, 15) is 4.79 Å². The summed E-state index contributed by atoms with van der Waals surface area (Å²) >= 11 is 5.94. The number of carbonyl (C=O) groups excluding carboxylic acids is 1. The van der Waals surface area contributed by atoms with E-state index in [1.54, 1.807) is 12.1 Å². The van der Waals surface area contributed by atoms with Gasteiger partial charge in [-0.05, 0) is 26.0 Å². The Morgan fingerprint density at radius 1 is 1.44 bits per heavy atom. The van der Waals surface area contributed by atoms with Gasteiger partial charge in [0.25, 0.3) is 0 Å². The van der Waals surface area contributed by atoms with Crippen molar-refractivity contribution in [3.63, 3.8) is 0 Å². The highest BCUT2D eigenvalue weighted by molar-refractivity contribution is 6.33. The van der Waals surface area contributed by atoms with Gasteiger partial charge in [-0.2, -0.15) is 0 Å². The third-order valence-electron chi connectivity index (χ3n) is 2.33. The minimum atomic E-state index is -0.119. The fourth-order valence-electron chi connectivity index (χ4n) is 1.38. The first-order valence-electron chi connectivity index (χ1n) is 5.99. The van der Waals surface area contributed by atoms with Crippen LogP contribution in [0.3, 0.4) is 0 Å². The van der Waals surface area contributed by atoms with Crippen LogP contribution >= 0.6 is 11.6 Å². The van der Waals surface area contributed by atoms with Crippen molar-refractivity contribution in [2.24, 2.45) is 0 Å². The molecule has 100 valence electrons. The monoisotopic (exact) mass is 270 g/mol. The summed E-state index contributed by atoms with van der Waals surface area (Å²) in [6.45, 7) is 5.42. The highest BCUT2D eigenvalue weighted by Gasteiger charge is 2.07. The zero-order valence-corrected chi connectivity index (χ0v) is 11.5. The first-order valence-corrected chi connectivity index (χ1v) is 6.36. The van der Waals surface area contributed by atoms with Gasteiger partial charge in [-0.1, -0.05) is 23.7 Å². The highest BCUT2D eigenvalue weighted by atomic mass is 35.5. The van der Waals surface area contributed by atoms with Crippen LogP contribution in [-0.4, -0.2) is 31.7 Å². The standard InChI is InChI=1S/C13H19ClN2O2/c1-3-18-9-10(2)15-8-13(17)16-12-7-5-4-6-11(12)14/h4-7,10,15H,3,8-9H2,1-2H3,(H,16,17). The minimum Gasteiger partial charge on any atom is -0.380 e. The van der Waals surface area contributed by atoms with Crippen LogP contribution in [0.4, 0.5) is 5.69 Å². The van der Waals surface area contributed by atoms with Crippen LogP contribution < -0.4 is 10.6 Å². The van der Waals surface area contributed by atoms with Gasteiger partial charge in [-0.25, -0.2) is 0 Å². The van der Waals surface area contributed by atoms with Gasteiger partial charge in [-0.15, -0.1) is 0 Å². The van der Waals surface area contributed by atoms with Crippen LogP contribution in [0.2, 0.25) is 5.02 Å². The second-order valence-electron chi connectivity index (χ2n) is 3.97. The molecule has 0 fully saturated rings. The first-order chi connectivity index (χ1) is 8.63. The van der Waals surface area contributed by atoms with E-state index in [4.69, 9.17) is 16.3 Å². The number of carbonyl (C=O) groups is 1. The van der Waals surface area contributed by atoms with Gasteiger partial charge in [0.15, 0.2) is 0 Å². The van der Waals surface area contributed by atoms with Crippen molar-refractivity contribution in [3.05, 3.63) is 29.3 Å². The van der Waals surface area contributed by atoms with Crippen molar-refractivity contribution in [3.8, 4) is 0 Å². The molecule has 0 saturated heterocycles. The second kappa shape index (κ2) is 8.08. The fourth-order valence-corrected chi connectivity index (χ4v) is 1.56. The quantitative estimate of drug-likeness (QED) is 0.799. The van der Waals surface area contributed by atoms with E-state index < -0.39 is 0 Å².